The van der Waals surface area contributed by atoms with E-state index in [2.05, 4.69) is 15.4 Å². The lowest BCUT2D eigenvalue weighted by atomic mass is 10.3. The van der Waals surface area contributed by atoms with Crippen LogP contribution < -0.4 is 10.1 Å². The van der Waals surface area contributed by atoms with Crippen molar-refractivity contribution in [3.63, 3.8) is 0 Å². The van der Waals surface area contributed by atoms with Crippen LogP contribution in [0.3, 0.4) is 0 Å². The smallest absolute Gasteiger partial charge is 0.145 e. The highest BCUT2D eigenvalue weighted by Gasteiger charge is 2.01. The number of pyridine rings is 1. The standard InChI is InChI=1S/C16H16N4O/c1-20-13(9-10-19-20)11-17-16-8-7-15(12-18-16)21-14-5-3-2-4-6-14/h2-10,12H,11H2,1H3,(H,17,18). The van der Waals surface area contributed by atoms with Gasteiger partial charge in [-0.05, 0) is 30.3 Å². The van der Waals surface area contributed by atoms with Gasteiger partial charge in [-0.25, -0.2) is 4.98 Å². The molecule has 1 N–H and O–H groups in total. The van der Waals surface area contributed by atoms with E-state index in [4.69, 9.17) is 4.74 Å². The van der Waals surface area contributed by atoms with E-state index in [0.717, 1.165) is 17.3 Å². The summed E-state index contributed by atoms with van der Waals surface area (Å²) in [5.41, 5.74) is 1.10. The van der Waals surface area contributed by atoms with Gasteiger partial charge >= 0.3 is 0 Å². The molecule has 3 aromatic rings. The molecule has 0 unspecified atom stereocenters. The first-order valence-electron chi connectivity index (χ1n) is 6.71. The minimum atomic E-state index is 0.683. The first-order chi connectivity index (χ1) is 10.3. The summed E-state index contributed by atoms with van der Waals surface area (Å²) in [7, 11) is 1.92. The average molecular weight is 280 g/mol. The van der Waals surface area contributed by atoms with Gasteiger partial charge in [-0.15, -0.1) is 0 Å². The van der Waals surface area contributed by atoms with Crippen molar-refractivity contribution in [3.8, 4) is 11.5 Å². The molecule has 2 heterocycles. The van der Waals surface area contributed by atoms with E-state index in [-0.39, 0.29) is 0 Å². The molecule has 0 saturated carbocycles. The fraction of sp³-hybridized carbons (Fsp3) is 0.125. The molecule has 0 fully saturated rings. The van der Waals surface area contributed by atoms with Crippen molar-refractivity contribution in [1.82, 2.24) is 14.8 Å². The zero-order chi connectivity index (χ0) is 14.5. The van der Waals surface area contributed by atoms with Crippen molar-refractivity contribution in [2.45, 2.75) is 6.54 Å². The fourth-order valence-electron chi connectivity index (χ4n) is 1.93. The second-order valence-corrected chi connectivity index (χ2v) is 4.59. The highest BCUT2D eigenvalue weighted by molar-refractivity contribution is 5.39. The summed E-state index contributed by atoms with van der Waals surface area (Å²) in [6.07, 6.45) is 3.49. The first kappa shape index (κ1) is 13.2. The van der Waals surface area contributed by atoms with Crippen LogP contribution in [0.5, 0.6) is 11.5 Å². The van der Waals surface area contributed by atoms with Crippen molar-refractivity contribution in [2.75, 3.05) is 5.32 Å². The van der Waals surface area contributed by atoms with E-state index in [1.165, 1.54) is 0 Å². The van der Waals surface area contributed by atoms with Crippen molar-refractivity contribution in [1.29, 1.82) is 0 Å². The Morgan fingerprint density at radius 1 is 1.05 bits per heavy atom. The van der Waals surface area contributed by atoms with Crippen LogP contribution in [0, 0.1) is 0 Å². The molecule has 106 valence electrons. The van der Waals surface area contributed by atoms with Gasteiger partial charge in [-0.2, -0.15) is 5.10 Å². The quantitative estimate of drug-likeness (QED) is 0.779. The summed E-state index contributed by atoms with van der Waals surface area (Å²) in [5, 5.41) is 7.38. The molecule has 0 saturated heterocycles. The molecule has 0 atom stereocenters. The lowest BCUT2D eigenvalue weighted by molar-refractivity contribution is 0.480. The Hall–Kier alpha value is -2.82. The zero-order valence-electron chi connectivity index (χ0n) is 11.7. The molecule has 0 bridgehead atoms. The minimum absolute atomic E-state index is 0.683. The predicted octanol–water partition coefficient (Wildman–Crippen LogP) is 3.22. The Morgan fingerprint density at radius 2 is 1.90 bits per heavy atom. The van der Waals surface area contributed by atoms with Crippen molar-refractivity contribution in [3.05, 3.63) is 66.6 Å². The lowest BCUT2D eigenvalue weighted by Crippen LogP contribution is -2.06. The average Bonchev–Trinajstić information content (AvgIpc) is 2.93. The molecule has 0 spiro atoms. The van der Waals surface area contributed by atoms with Crippen LogP contribution in [0.2, 0.25) is 0 Å². The number of para-hydroxylation sites is 1. The first-order valence-corrected chi connectivity index (χ1v) is 6.71. The molecule has 5 nitrogen and oxygen atoms in total. The topological polar surface area (TPSA) is 52.0 Å². The Bertz CT molecular complexity index is 692. The van der Waals surface area contributed by atoms with Crippen LogP contribution in [0.4, 0.5) is 5.82 Å². The number of rotatable bonds is 5. The molecule has 5 heteroatoms. The summed E-state index contributed by atoms with van der Waals surface area (Å²) in [6, 6.07) is 15.4. The van der Waals surface area contributed by atoms with Crippen LogP contribution in [0.25, 0.3) is 0 Å². The maximum atomic E-state index is 5.70. The highest BCUT2D eigenvalue weighted by atomic mass is 16.5. The van der Waals surface area contributed by atoms with Gasteiger partial charge in [-0.3, -0.25) is 4.68 Å². The highest BCUT2D eigenvalue weighted by Crippen LogP contribution is 2.20. The number of aromatic nitrogens is 3. The minimum Gasteiger partial charge on any atom is -0.456 e. The lowest BCUT2D eigenvalue weighted by Gasteiger charge is -2.08. The van der Waals surface area contributed by atoms with E-state index in [0.29, 0.717) is 12.3 Å². The number of anilines is 1. The SMILES string of the molecule is Cn1nccc1CNc1ccc(Oc2ccccc2)cn1. The van der Waals surface area contributed by atoms with Gasteiger partial charge in [-0.1, -0.05) is 18.2 Å². The molecular weight excluding hydrogens is 264 g/mol. The molecule has 0 aliphatic carbocycles. The van der Waals surface area contributed by atoms with Gasteiger partial charge in [0.15, 0.2) is 0 Å². The number of hydrogen-bond donors (Lipinski definition) is 1. The molecule has 1 aromatic carbocycles. The summed E-state index contributed by atoms with van der Waals surface area (Å²) in [6.45, 7) is 0.683. The van der Waals surface area contributed by atoms with Gasteiger partial charge in [0.25, 0.3) is 0 Å². The summed E-state index contributed by atoms with van der Waals surface area (Å²) < 4.78 is 7.53. The third-order valence-electron chi connectivity index (χ3n) is 3.09. The van der Waals surface area contributed by atoms with Crippen molar-refractivity contribution >= 4 is 5.82 Å². The second kappa shape index (κ2) is 6.09. The summed E-state index contributed by atoms with van der Waals surface area (Å²) in [4.78, 5) is 4.34. The maximum Gasteiger partial charge on any atom is 0.145 e. The van der Waals surface area contributed by atoms with E-state index in [9.17, 15) is 0 Å². The number of nitrogens with zero attached hydrogens (tertiary/aromatic N) is 3. The Balaban J connectivity index is 1.60. The van der Waals surface area contributed by atoms with E-state index in [1.807, 2.05) is 60.3 Å². The largest absolute Gasteiger partial charge is 0.456 e. The monoisotopic (exact) mass is 280 g/mol. The van der Waals surface area contributed by atoms with E-state index in [1.54, 1.807) is 12.4 Å². The molecule has 21 heavy (non-hydrogen) atoms. The van der Waals surface area contributed by atoms with Gasteiger partial charge in [0.05, 0.1) is 18.4 Å². The Morgan fingerprint density at radius 3 is 2.57 bits per heavy atom. The maximum absolute atomic E-state index is 5.70. The van der Waals surface area contributed by atoms with E-state index < -0.39 is 0 Å². The summed E-state index contributed by atoms with van der Waals surface area (Å²) in [5.74, 6) is 2.32. The molecule has 2 aromatic heterocycles. The number of nitrogens with one attached hydrogen (secondary N) is 1. The number of hydrogen-bond acceptors (Lipinski definition) is 4. The van der Waals surface area contributed by atoms with Crippen molar-refractivity contribution in [2.24, 2.45) is 7.05 Å². The Kier molecular flexibility index (Phi) is 3.82. The second-order valence-electron chi connectivity index (χ2n) is 4.59. The van der Waals surface area contributed by atoms with Gasteiger partial charge < -0.3 is 10.1 Å². The van der Waals surface area contributed by atoms with Crippen LogP contribution in [-0.4, -0.2) is 14.8 Å². The van der Waals surface area contributed by atoms with Crippen LogP contribution in [0.15, 0.2) is 60.9 Å². The number of aryl methyl sites for hydroxylation is 1. The molecule has 0 amide bonds. The third kappa shape index (κ3) is 3.39. The van der Waals surface area contributed by atoms with Gasteiger partial charge in [0, 0.05) is 13.2 Å². The fourth-order valence-corrected chi connectivity index (χ4v) is 1.93. The van der Waals surface area contributed by atoms with Crippen LogP contribution >= 0.6 is 0 Å². The Labute approximate surface area is 123 Å². The van der Waals surface area contributed by atoms with Gasteiger partial charge in [0.2, 0.25) is 0 Å². The number of ether oxygens (including phenoxy) is 1. The number of benzene rings is 1. The van der Waals surface area contributed by atoms with Gasteiger partial charge in [0.1, 0.15) is 17.3 Å². The normalized spacial score (nSPS) is 10.3. The van der Waals surface area contributed by atoms with E-state index >= 15 is 0 Å². The molecule has 3 rings (SSSR count). The molecule has 0 aliphatic rings. The third-order valence-corrected chi connectivity index (χ3v) is 3.09. The predicted molar refractivity (Wildman–Crippen MR) is 81.3 cm³/mol. The molecule has 0 radical (unpaired) electrons. The van der Waals surface area contributed by atoms with Crippen LogP contribution in [0.1, 0.15) is 5.69 Å². The zero-order valence-corrected chi connectivity index (χ0v) is 11.7. The summed E-state index contributed by atoms with van der Waals surface area (Å²) >= 11 is 0. The van der Waals surface area contributed by atoms with Crippen molar-refractivity contribution < 1.29 is 4.74 Å². The molecular formula is C16H16N4O. The molecule has 0 aliphatic heterocycles. The van der Waals surface area contributed by atoms with Crippen LogP contribution in [-0.2, 0) is 13.6 Å².